The van der Waals surface area contributed by atoms with Gasteiger partial charge in [0.05, 0.1) is 0 Å². The Kier molecular flexibility index (Phi) is 8.11. The Morgan fingerprint density at radius 2 is 1.83 bits per heavy atom. The molecule has 0 aliphatic rings. The van der Waals surface area contributed by atoms with Crippen molar-refractivity contribution in [3.63, 3.8) is 0 Å². The number of hydrogen-bond donors (Lipinski definition) is 3. The molecule has 0 aromatic heterocycles. The molecule has 0 bridgehead atoms. The van der Waals surface area contributed by atoms with Crippen LogP contribution in [0.15, 0.2) is 0 Å². The maximum Gasteiger partial charge on any atom is 0.326 e. The highest BCUT2D eigenvalue weighted by molar-refractivity contribution is 5.82. The van der Waals surface area contributed by atoms with Crippen molar-refractivity contribution in [2.24, 2.45) is 5.92 Å². The number of carboxylic acids is 1. The fourth-order valence-corrected chi connectivity index (χ4v) is 1.46. The first-order chi connectivity index (χ1) is 8.34. The lowest BCUT2D eigenvalue weighted by molar-refractivity contribution is -0.140. The molecule has 2 amide bonds. The Bertz CT molecular complexity index is 267. The van der Waals surface area contributed by atoms with Gasteiger partial charge in [-0.3, -0.25) is 0 Å². The number of unbranched alkanes of at least 4 members (excludes halogenated alkanes) is 1. The van der Waals surface area contributed by atoms with Crippen molar-refractivity contribution in [2.45, 2.75) is 32.7 Å². The number of carbonyl (C=O) groups excluding carboxylic acids is 1. The van der Waals surface area contributed by atoms with E-state index in [1.807, 2.05) is 14.1 Å². The SMILES string of the molecule is CC(C)C(NC(=O)NCCCCN(C)C)C(=O)O. The molecule has 0 heterocycles. The van der Waals surface area contributed by atoms with Crippen LogP contribution < -0.4 is 10.6 Å². The standard InChI is InChI=1S/C12H25N3O3/c1-9(2)10(11(16)17)14-12(18)13-7-5-6-8-15(3)4/h9-10H,5-8H2,1-4H3,(H,16,17)(H2,13,14,18). The van der Waals surface area contributed by atoms with Crippen molar-refractivity contribution in [1.29, 1.82) is 0 Å². The number of rotatable bonds is 8. The Balaban J connectivity index is 3.79. The van der Waals surface area contributed by atoms with Crippen LogP contribution in [0.4, 0.5) is 4.79 Å². The second-order valence-electron chi connectivity index (χ2n) is 4.97. The van der Waals surface area contributed by atoms with Gasteiger partial charge in [-0.1, -0.05) is 13.8 Å². The number of carbonyl (C=O) groups is 2. The highest BCUT2D eigenvalue weighted by Crippen LogP contribution is 2.01. The molecule has 0 radical (unpaired) electrons. The van der Waals surface area contributed by atoms with Crippen LogP contribution in [0.3, 0.4) is 0 Å². The average Bonchev–Trinajstić information content (AvgIpc) is 2.24. The maximum absolute atomic E-state index is 11.5. The third-order valence-corrected chi connectivity index (χ3v) is 2.54. The van der Waals surface area contributed by atoms with E-state index in [-0.39, 0.29) is 5.92 Å². The fraction of sp³-hybridized carbons (Fsp3) is 0.833. The number of amides is 2. The molecule has 106 valence electrons. The fourth-order valence-electron chi connectivity index (χ4n) is 1.46. The molecule has 0 aromatic rings. The molecule has 6 nitrogen and oxygen atoms in total. The number of carboxylic acid groups (broad SMARTS) is 1. The molecule has 0 aliphatic carbocycles. The lowest BCUT2D eigenvalue weighted by Crippen LogP contribution is -2.48. The van der Waals surface area contributed by atoms with Gasteiger partial charge in [-0.25, -0.2) is 9.59 Å². The summed E-state index contributed by atoms with van der Waals surface area (Å²) in [4.78, 5) is 24.4. The van der Waals surface area contributed by atoms with Gasteiger partial charge in [0.2, 0.25) is 0 Å². The molecule has 3 N–H and O–H groups in total. The largest absolute Gasteiger partial charge is 0.480 e. The van der Waals surface area contributed by atoms with Gasteiger partial charge in [0.25, 0.3) is 0 Å². The summed E-state index contributed by atoms with van der Waals surface area (Å²) in [7, 11) is 4.00. The third-order valence-electron chi connectivity index (χ3n) is 2.54. The number of hydrogen-bond acceptors (Lipinski definition) is 3. The van der Waals surface area contributed by atoms with Crippen LogP contribution in [0.1, 0.15) is 26.7 Å². The predicted octanol–water partition coefficient (Wildman–Crippen LogP) is 0.737. The zero-order valence-electron chi connectivity index (χ0n) is 11.7. The van der Waals surface area contributed by atoms with Crippen molar-refractivity contribution in [1.82, 2.24) is 15.5 Å². The van der Waals surface area contributed by atoms with Gasteiger partial charge in [-0.15, -0.1) is 0 Å². The predicted molar refractivity (Wildman–Crippen MR) is 70.6 cm³/mol. The summed E-state index contributed by atoms with van der Waals surface area (Å²) >= 11 is 0. The summed E-state index contributed by atoms with van der Waals surface area (Å²) in [5.41, 5.74) is 0. The first-order valence-corrected chi connectivity index (χ1v) is 6.26. The van der Waals surface area contributed by atoms with E-state index in [0.717, 1.165) is 19.4 Å². The molecule has 1 atom stereocenters. The molecule has 0 aliphatic heterocycles. The van der Waals surface area contributed by atoms with Crippen molar-refractivity contribution in [2.75, 3.05) is 27.2 Å². The molecular formula is C12H25N3O3. The van der Waals surface area contributed by atoms with E-state index in [4.69, 9.17) is 5.11 Å². The summed E-state index contributed by atoms with van der Waals surface area (Å²) in [5, 5.41) is 14.0. The third kappa shape index (κ3) is 7.89. The number of urea groups is 1. The summed E-state index contributed by atoms with van der Waals surface area (Å²) in [6.07, 6.45) is 1.88. The van der Waals surface area contributed by atoms with E-state index in [9.17, 15) is 9.59 Å². The molecule has 18 heavy (non-hydrogen) atoms. The second-order valence-corrected chi connectivity index (χ2v) is 4.97. The summed E-state index contributed by atoms with van der Waals surface area (Å²) < 4.78 is 0. The van der Waals surface area contributed by atoms with E-state index in [1.165, 1.54) is 0 Å². The topological polar surface area (TPSA) is 81.7 Å². The van der Waals surface area contributed by atoms with Crippen LogP contribution in [0.5, 0.6) is 0 Å². The van der Waals surface area contributed by atoms with Gasteiger partial charge in [0.15, 0.2) is 0 Å². The Labute approximate surface area is 109 Å². The Morgan fingerprint density at radius 3 is 2.28 bits per heavy atom. The quantitative estimate of drug-likeness (QED) is 0.561. The Morgan fingerprint density at radius 1 is 1.22 bits per heavy atom. The van der Waals surface area contributed by atoms with Gasteiger partial charge in [0.1, 0.15) is 6.04 Å². The monoisotopic (exact) mass is 259 g/mol. The van der Waals surface area contributed by atoms with Gasteiger partial charge in [-0.2, -0.15) is 0 Å². The summed E-state index contributed by atoms with van der Waals surface area (Å²) in [5.74, 6) is -1.14. The molecule has 0 saturated carbocycles. The molecule has 0 aromatic carbocycles. The normalized spacial score (nSPS) is 12.6. The highest BCUT2D eigenvalue weighted by Gasteiger charge is 2.22. The number of aliphatic carboxylic acids is 1. The van der Waals surface area contributed by atoms with Crippen molar-refractivity contribution < 1.29 is 14.7 Å². The minimum absolute atomic E-state index is 0.137. The first-order valence-electron chi connectivity index (χ1n) is 6.26. The minimum Gasteiger partial charge on any atom is -0.480 e. The van der Waals surface area contributed by atoms with E-state index >= 15 is 0 Å². The molecular weight excluding hydrogens is 234 g/mol. The summed E-state index contributed by atoms with van der Waals surface area (Å²) in [6, 6.07) is -1.26. The number of nitrogens with one attached hydrogen (secondary N) is 2. The van der Waals surface area contributed by atoms with Crippen molar-refractivity contribution >= 4 is 12.0 Å². The van der Waals surface area contributed by atoms with Crippen molar-refractivity contribution in [3.05, 3.63) is 0 Å². The smallest absolute Gasteiger partial charge is 0.326 e. The van der Waals surface area contributed by atoms with Crippen LogP contribution in [0, 0.1) is 5.92 Å². The zero-order chi connectivity index (χ0) is 14.1. The second kappa shape index (κ2) is 8.74. The molecule has 0 rings (SSSR count). The van der Waals surface area contributed by atoms with Gasteiger partial charge < -0.3 is 20.6 Å². The molecule has 1 unspecified atom stereocenters. The van der Waals surface area contributed by atoms with Crippen LogP contribution >= 0.6 is 0 Å². The van der Waals surface area contributed by atoms with E-state index < -0.39 is 18.0 Å². The van der Waals surface area contributed by atoms with E-state index in [2.05, 4.69) is 15.5 Å². The van der Waals surface area contributed by atoms with E-state index in [1.54, 1.807) is 13.8 Å². The molecule has 0 fully saturated rings. The van der Waals surface area contributed by atoms with Crippen LogP contribution in [0.2, 0.25) is 0 Å². The van der Waals surface area contributed by atoms with Gasteiger partial charge in [0, 0.05) is 6.54 Å². The molecule has 0 saturated heterocycles. The average molecular weight is 259 g/mol. The maximum atomic E-state index is 11.5. The number of nitrogens with zero attached hydrogens (tertiary/aromatic N) is 1. The lowest BCUT2D eigenvalue weighted by Gasteiger charge is -2.18. The van der Waals surface area contributed by atoms with Gasteiger partial charge in [-0.05, 0) is 39.4 Å². The van der Waals surface area contributed by atoms with Gasteiger partial charge >= 0.3 is 12.0 Å². The molecule has 0 spiro atoms. The lowest BCUT2D eigenvalue weighted by atomic mass is 10.1. The highest BCUT2D eigenvalue weighted by atomic mass is 16.4. The Hall–Kier alpha value is -1.30. The van der Waals surface area contributed by atoms with Crippen molar-refractivity contribution in [3.8, 4) is 0 Å². The van der Waals surface area contributed by atoms with Crippen LogP contribution in [-0.4, -0.2) is 55.2 Å². The summed E-state index contributed by atoms with van der Waals surface area (Å²) in [6.45, 7) is 5.06. The van der Waals surface area contributed by atoms with Crippen LogP contribution in [-0.2, 0) is 4.79 Å². The zero-order valence-corrected chi connectivity index (χ0v) is 11.7. The van der Waals surface area contributed by atoms with E-state index in [0.29, 0.717) is 6.54 Å². The minimum atomic E-state index is -1.01. The molecule has 6 heteroatoms. The first kappa shape index (κ1) is 16.7. The van der Waals surface area contributed by atoms with Crippen LogP contribution in [0.25, 0.3) is 0 Å².